The zero-order chi connectivity index (χ0) is 14.2. The molecule has 3 atom stereocenters. The number of unbranched alkanes of at least 4 members (excludes halogenated alkanes) is 2. The molecule has 1 aromatic rings. The Morgan fingerprint density at radius 2 is 1.90 bits per heavy atom. The first kappa shape index (κ1) is 15.5. The van der Waals surface area contributed by atoms with Gasteiger partial charge in [-0.05, 0) is 12.0 Å². The number of methoxy groups -OCH3 is 1. The molecule has 3 nitrogen and oxygen atoms in total. The normalized spacial score (nSPS) is 24.8. The molecular formula is C17H27NO2. The Hall–Kier alpha value is -0.900. The summed E-state index contributed by atoms with van der Waals surface area (Å²) in [6.07, 6.45) is 5.24. The summed E-state index contributed by atoms with van der Waals surface area (Å²) in [6.45, 7) is 4.49. The lowest BCUT2D eigenvalue weighted by Gasteiger charge is -2.05. The first-order chi connectivity index (χ1) is 9.86. The average molecular weight is 277 g/mol. The highest BCUT2D eigenvalue weighted by molar-refractivity contribution is 5.17. The highest BCUT2D eigenvalue weighted by Gasteiger charge is 2.46. The molecule has 0 bridgehead atoms. The lowest BCUT2D eigenvalue weighted by atomic mass is 10.1. The quantitative estimate of drug-likeness (QED) is 0.371. The van der Waals surface area contributed by atoms with Crippen LogP contribution in [-0.2, 0) is 16.0 Å². The fourth-order valence-corrected chi connectivity index (χ4v) is 2.84. The molecule has 20 heavy (non-hydrogen) atoms. The van der Waals surface area contributed by atoms with Crippen LogP contribution in [0.15, 0.2) is 30.3 Å². The van der Waals surface area contributed by atoms with Crippen molar-refractivity contribution in [3.63, 3.8) is 0 Å². The smallest absolute Gasteiger partial charge is 0.146 e. The Labute approximate surface area is 122 Å². The van der Waals surface area contributed by atoms with E-state index in [1.807, 2.05) is 0 Å². The maximum atomic E-state index is 5.55. The lowest BCUT2D eigenvalue weighted by molar-refractivity contribution is -0.0323. The third-order valence-electron chi connectivity index (χ3n) is 4.01. The molecular weight excluding hydrogens is 250 g/mol. The minimum absolute atomic E-state index is 0.400. The molecule has 1 heterocycles. The van der Waals surface area contributed by atoms with Crippen LogP contribution in [0.2, 0.25) is 0 Å². The molecule has 1 unspecified atom stereocenters. The van der Waals surface area contributed by atoms with Crippen LogP contribution in [0.5, 0.6) is 0 Å². The molecule has 2 rings (SSSR count). The average Bonchev–Trinajstić information content (AvgIpc) is 3.12. The van der Waals surface area contributed by atoms with Gasteiger partial charge in [0, 0.05) is 25.7 Å². The summed E-state index contributed by atoms with van der Waals surface area (Å²) < 4.78 is 10.5. The Morgan fingerprint density at radius 1 is 1.10 bits per heavy atom. The number of ether oxygens (including phenoxy) is 2. The summed E-state index contributed by atoms with van der Waals surface area (Å²) in [5.41, 5.74) is 1.39. The zero-order valence-corrected chi connectivity index (χ0v) is 12.8. The molecule has 1 aromatic carbocycles. The molecule has 0 radical (unpaired) electrons. The molecule has 1 aliphatic rings. The van der Waals surface area contributed by atoms with Crippen LogP contribution >= 0.6 is 0 Å². The molecule has 0 amide bonds. The second-order valence-electron chi connectivity index (χ2n) is 5.57. The maximum Gasteiger partial charge on any atom is 0.146 e. The molecule has 0 N–H and O–H groups in total. The molecule has 0 aromatic heterocycles. The van der Waals surface area contributed by atoms with E-state index in [0.717, 1.165) is 13.2 Å². The van der Waals surface area contributed by atoms with Gasteiger partial charge >= 0.3 is 0 Å². The molecule has 3 heteroatoms. The van der Waals surface area contributed by atoms with Crippen molar-refractivity contribution in [2.45, 2.75) is 51.2 Å². The number of hydrogen-bond donors (Lipinski definition) is 0. The topological polar surface area (TPSA) is 21.5 Å². The minimum atomic E-state index is 0.400. The largest absolute Gasteiger partial charge is 0.359 e. The Kier molecular flexibility index (Phi) is 6.51. The van der Waals surface area contributed by atoms with E-state index in [4.69, 9.17) is 9.47 Å². The third kappa shape index (κ3) is 4.58. The van der Waals surface area contributed by atoms with Crippen LogP contribution in [0.25, 0.3) is 0 Å². The van der Waals surface area contributed by atoms with E-state index in [0.29, 0.717) is 18.9 Å². The zero-order valence-electron chi connectivity index (χ0n) is 12.8. The molecule has 1 saturated heterocycles. The van der Waals surface area contributed by atoms with E-state index < -0.39 is 0 Å². The van der Waals surface area contributed by atoms with Crippen molar-refractivity contribution in [3.8, 4) is 0 Å². The standard InChI is InChI=1S/C17H27NO2/c1-3-4-6-11-16-17(13-20-14-19-2)18(16)12-15-9-7-5-8-10-15/h5,7-10,16-17H,3-4,6,11-14H2,1-2H3/t16-,17-,18?/m0/s1. The molecule has 0 spiro atoms. The van der Waals surface area contributed by atoms with Crippen LogP contribution in [0.4, 0.5) is 0 Å². The minimum Gasteiger partial charge on any atom is -0.359 e. The van der Waals surface area contributed by atoms with E-state index in [1.165, 1.54) is 31.2 Å². The van der Waals surface area contributed by atoms with Crippen molar-refractivity contribution in [2.75, 3.05) is 20.5 Å². The fraction of sp³-hybridized carbons (Fsp3) is 0.647. The number of hydrogen-bond acceptors (Lipinski definition) is 3. The van der Waals surface area contributed by atoms with Crippen molar-refractivity contribution in [1.29, 1.82) is 0 Å². The van der Waals surface area contributed by atoms with Gasteiger partial charge in [0.25, 0.3) is 0 Å². The fourth-order valence-electron chi connectivity index (χ4n) is 2.84. The summed E-state index contributed by atoms with van der Waals surface area (Å²) in [7, 11) is 1.67. The van der Waals surface area contributed by atoms with E-state index in [9.17, 15) is 0 Å². The SMILES string of the molecule is CCCCC[C@H]1[C@H](COCOC)N1Cc1ccccc1. The van der Waals surface area contributed by atoms with Gasteiger partial charge < -0.3 is 9.47 Å². The molecule has 0 saturated carbocycles. The van der Waals surface area contributed by atoms with E-state index >= 15 is 0 Å². The van der Waals surface area contributed by atoms with Gasteiger partial charge in [-0.3, -0.25) is 4.90 Å². The highest BCUT2D eigenvalue weighted by Crippen LogP contribution is 2.34. The number of rotatable bonds is 10. The second-order valence-corrected chi connectivity index (χ2v) is 5.57. The van der Waals surface area contributed by atoms with Gasteiger partial charge in [-0.2, -0.15) is 0 Å². The van der Waals surface area contributed by atoms with Crippen molar-refractivity contribution in [3.05, 3.63) is 35.9 Å². The number of nitrogens with zero attached hydrogens (tertiary/aromatic N) is 1. The van der Waals surface area contributed by atoms with Gasteiger partial charge in [0.1, 0.15) is 6.79 Å². The van der Waals surface area contributed by atoms with Crippen molar-refractivity contribution in [1.82, 2.24) is 4.90 Å². The van der Waals surface area contributed by atoms with Gasteiger partial charge in [0.15, 0.2) is 0 Å². The summed E-state index contributed by atoms with van der Waals surface area (Å²) in [4.78, 5) is 2.56. The van der Waals surface area contributed by atoms with Crippen molar-refractivity contribution >= 4 is 0 Å². The molecule has 1 fully saturated rings. The molecule has 0 aliphatic carbocycles. The van der Waals surface area contributed by atoms with E-state index in [2.05, 4.69) is 42.2 Å². The van der Waals surface area contributed by atoms with Gasteiger partial charge in [0.05, 0.1) is 6.61 Å². The van der Waals surface area contributed by atoms with E-state index in [1.54, 1.807) is 7.11 Å². The first-order valence-corrected chi connectivity index (χ1v) is 7.73. The van der Waals surface area contributed by atoms with Gasteiger partial charge in [0.2, 0.25) is 0 Å². The van der Waals surface area contributed by atoms with Crippen LogP contribution in [0.3, 0.4) is 0 Å². The predicted molar refractivity (Wildman–Crippen MR) is 81.5 cm³/mol. The third-order valence-corrected chi connectivity index (χ3v) is 4.01. The van der Waals surface area contributed by atoms with Gasteiger partial charge in [-0.25, -0.2) is 0 Å². The first-order valence-electron chi connectivity index (χ1n) is 7.73. The van der Waals surface area contributed by atoms with Gasteiger partial charge in [-0.15, -0.1) is 0 Å². The summed E-state index contributed by atoms with van der Waals surface area (Å²) in [6, 6.07) is 12.0. The predicted octanol–water partition coefficient (Wildman–Crippen LogP) is 3.44. The highest BCUT2D eigenvalue weighted by atomic mass is 16.7. The Balaban J connectivity index is 1.80. The van der Waals surface area contributed by atoms with Crippen LogP contribution in [-0.4, -0.2) is 37.5 Å². The molecule has 1 aliphatic heterocycles. The van der Waals surface area contributed by atoms with Crippen molar-refractivity contribution in [2.24, 2.45) is 0 Å². The number of benzene rings is 1. The summed E-state index contributed by atoms with van der Waals surface area (Å²) >= 11 is 0. The van der Waals surface area contributed by atoms with Crippen LogP contribution in [0.1, 0.15) is 38.2 Å². The monoisotopic (exact) mass is 277 g/mol. The lowest BCUT2D eigenvalue weighted by Crippen LogP contribution is -2.10. The van der Waals surface area contributed by atoms with E-state index in [-0.39, 0.29) is 0 Å². The molecule has 112 valence electrons. The summed E-state index contributed by atoms with van der Waals surface area (Å²) in [5, 5.41) is 0. The Bertz CT molecular complexity index is 353. The second kappa shape index (κ2) is 8.40. The maximum absolute atomic E-state index is 5.55. The Morgan fingerprint density at radius 3 is 2.60 bits per heavy atom. The van der Waals surface area contributed by atoms with Gasteiger partial charge in [-0.1, -0.05) is 56.5 Å². The van der Waals surface area contributed by atoms with Crippen LogP contribution in [0, 0.1) is 0 Å². The summed E-state index contributed by atoms with van der Waals surface area (Å²) in [5.74, 6) is 0. The van der Waals surface area contributed by atoms with Crippen LogP contribution < -0.4 is 0 Å². The van der Waals surface area contributed by atoms with Crippen molar-refractivity contribution < 1.29 is 9.47 Å².